The highest BCUT2D eigenvalue weighted by atomic mass is 19.1. The molecule has 0 aliphatic rings. The lowest BCUT2D eigenvalue weighted by Crippen LogP contribution is -2.18. The van der Waals surface area contributed by atoms with Crippen LogP contribution in [0.25, 0.3) is 5.95 Å². The van der Waals surface area contributed by atoms with E-state index in [2.05, 4.69) is 25.4 Å². The Hall–Kier alpha value is -5.27. The summed E-state index contributed by atoms with van der Waals surface area (Å²) in [5.41, 5.74) is 6.90. The van der Waals surface area contributed by atoms with E-state index in [1.54, 1.807) is 48.5 Å². The maximum Gasteiger partial charge on any atom is 0.350 e. The number of amidine groups is 1. The van der Waals surface area contributed by atoms with Crippen molar-refractivity contribution in [2.24, 2.45) is 5.73 Å². The van der Waals surface area contributed by atoms with Crippen LogP contribution < -0.4 is 26.2 Å². The number of anilines is 1. The van der Waals surface area contributed by atoms with Crippen LogP contribution in [0, 0.1) is 5.41 Å². The van der Waals surface area contributed by atoms with Crippen LogP contribution in [0.3, 0.4) is 0 Å². The number of aromatic nitrogens is 5. The van der Waals surface area contributed by atoms with Crippen molar-refractivity contribution < 1.29 is 23.8 Å². The molecule has 0 amide bonds. The predicted octanol–water partition coefficient (Wildman–Crippen LogP) is 2.24. The quantitative estimate of drug-likeness (QED) is 0.160. The molecule has 4 rings (SSSR count). The van der Waals surface area contributed by atoms with Crippen LogP contribution in [0.5, 0.6) is 11.5 Å². The molecule has 13 nitrogen and oxygen atoms in total. The standard InChI is InChI=1S/C22H21FN8O3.C2H4O2/c1-33-17-11-14(5-8-16(17)34-12-23)18(28-15-6-3-13(4-7-15)19(24)25)20-29-22(32)31(30-20)21-26-9-2-10-27-21;1-2(3)4/h2-11,18,28H,12H2,1H3,(H3,24,25)(H,29,30,32);1H3,(H,3,4)/t18-;/m0./s1. The highest BCUT2D eigenvalue weighted by Gasteiger charge is 2.22. The number of carboxylic acids is 1. The first kappa shape index (κ1) is 27.3. The summed E-state index contributed by atoms with van der Waals surface area (Å²) in [7, 11) is 1.44. The first-order valence-corrected chi connectivity index (χ1v) is 11.0. The molecule has 0 unspecified atom stereocenters. The smallest absolute Gasteiger partial charge is 0.350 e. The molecular formula is C24H25FN8O5. The molecule has 198 valence electrons. The van der Waals surface area contributed by atoms with Gasteiger partial charge in [0.15, 0.2) is 17.3 Å². The second-order valence-electron chi connectivity index (χ2n) is 7.53. The molecule has 0 radical (unpaired) electrons. The molecule has 0 aliphatic carbocycles. The Balaban J connectivity index is 0.000000934. The molecule has 0 fully saturated rings. The summed E-state index contributed by atoms with van der Waals surface area (Å²) in [5.74, 6) is 0.0393. The van der Waals surface area contributed by atoms with Crippen LogP contribution in [0.15, 0.2) is 65.7 Å². The normalized spacial score (nSPS) is 11.0. The zero-order valence-corrected chi connectivity index (χ0v) is 20.4. The number of hydrogen-bond donors (Lipinski definition) is 5. The van der Waals surface area contributed by atoms with Crippen molar-refractivity contribution >= 4 is 17.5 Å². The van der Waals surface area contributed by atoms with Gasteiger partial charge in [-0.15, -0.1) is 9.78 Å². The third-order valence-corrected chi connectivity index (χ3v) is 4.89. The third kappa shape index (κ3) is 6.90. The molecular weight excluding hydrogens is 499 g/mol. The van der Waals surface area contributed by atoms with Gasteiger partial charge >= 0.3 is 5.69 Å². The molecule has 1 atom stereocenters. The van der Waals surface area contributed by atoms with E-state index in [4.69, 9.17) is 30.5 Å². The Morgan fingerprint density at radius 1 is 1.21 bits per heavy atom. The van der Waals surface area contributed by atoms with E-state index in [1.807, 2.05) is 0 Å². The molecule has 2 aromatic carbocycles. The molecule has 6 N–H and O–H groups in total. The van der Waals surface area contributed by atoms with Crippen LogP contribution in [-0.4, -0.2) is 55.6 Å². The number of ether oxygens (including phenoxy) is 2. The summed E-state index contributed by atoms with van der Waals surface area (Å²) in [4.78, 5) is 32.5. The van der Waals surface area contributed by atoms with E-state index >= 15 is 0 Å². The number of rotatable bonds is 9. The maximum atomic E-state index is 12.7. The number of methoxy groups -OCH3 is 1. The number of H-pyrrole nitrogens is 1. The van der Waals surface area contributed by atoms with Gasteiger partial charge in [0.05, 0.1) is 7.11 Å². The molecule has 0 aliphatic heterocycles. The largest absolute Gasteiger partial charge is 0.493 e. The number of nitrogens with one attached hydrogen (secondary N) is 3. The summed E-state index contributed by atoms with van der Waals surface area (Å²) < 4.78 is 24.1. The van der Waals surface area contributed by atoms with E-state index < -0.39 is 24.6 Å². The highest BCUT2D eigenvalue weighted by molar-refractivity contribution is 5.95. The van der Waals surface area contributed by atoms with Gasteiger partial charge in [-0.25, -0.2) is 19.2 Å². The van der Waals surface area contributed by atoms with E-state index in [-0.39, 0.29) is 23.4 Å². The van der Waals surface area contributed by atoms with Crippen molar-refractivity contribution in [2.75, 3.05) is 19.3 Å². The lowest BCUT2D eigenvalue weighted by atomic mass is 10.0. The fourth-order valence-corrected chi connectivity index (χ4v) is 3.27. The van der Waals surface area contributed by atoms with Crippen molar-refractivity contribution in [1.29, 1.82) is 5.41 Å². The molecule has 2 aromatic heterocycles. The van der Waals surface area contributed by atoms with Gasteiger partial charge in [0.2, 0.25) is 6.86 Å². The van der Waals surface area contributed by atoms with Crippen molar-refractivity contribution in [1.82, 2.24) is 24.7 Å². The molecule has 4 aromatic rings. The van der Waals surface area contributed by atoms with Crippen molar-refractivity contribution in [3.05, 3.63) is 88.4 Å². The number of halogens is 1. The Kier molecular flexibility index (Phi) is 9.07. The SMILES string of the molecule is CC(=O)O.COc1cc([C@H](Nc2ccc(C(=N)N)cc2)c2nn(-c3ncccn3)c(=O)[nH]2)ccc1OCF. The fourth-order valence-electron chi connectivity index (χ4n) is 3.27. The van der Waals surface area contributed by atoms with Gasteiger partial charge in [-0.3, -0.25) is 15.2 Å². The minimum Gasteiger partial charge on any atom is -0.493 e. The van der Waals surface area contributed by atoms with Crippen molar-refractivity contribution in [3.63, 3.8) is 0 Å². The molecule has 0 bridgehead atoms. The molecule has 0 saturated heterocycles. The number of nitrogens with two attached hydrogens (primary N) is 1. The summed E-state index contributed by atoms with van der Waals surface area (Å²) in [6.45, 7) is 0.0781. The van der Waals surface area contributed by atoms with Crippen LogP contribution in [0.1, 0.15) is 29.9 Å². The van der Waals surface area contributed by atoms with Gasteiger partial charge < -0.3 is 25.6 Å². The summed E-state index contributed by atoms with van der Waals surface area (Å²) in [6, 6.07) is 12.8. The zero-order chi connectivity index (χ0) is 27.7. The van der Waals surface area contributed by atoms with Crippen LogP contribution >= 0.6 is 0 Å². The first-order chi connectivity index (χ1) is 18.2. The lowest BCUT2D eigenvalue weighted by Gasteiger charge is -2.20. The number of carboxylic acid groups (broad SMARTS) is 1. The van der Waals surface area contributed by atoms with E-state index in [0.29, 0.717) is 22.6 Å². The lowest BCUT2D eigenvalue weighted by molar-refractivity contribution is -0.134. The second kappa shape index (κ2) is 12.6. The van der Waals surface area contributed by atoms with E-state index in [9.17, 15) is 9.18 Å². The van der Waals surface area contributed by atoms with Gasteiger partial charge in [0.25, 0.3) is 11.9 Å². The minimum absolute atomic E-state index is 0.0535. The second-order valence-corrected chi connectivity index (χ2v) is 7.53. The van der Waals surface area contributed by atoms with Gasteiger partial charge in [-0.05, 0) is 48.0 Å². The number of nitrogen functional groups attached to an aromatic ring is 1. The molecule has 2 heterocycles. The summed E-state index contributed by atoms with van der Waals surface area (Å²) in [6.07, 6.45) is 3.01. The summed E-state index contributed by atoms with van der Waals surface area (Å²) in [5, 5.41) is 22.7. The highest BCUT2D eigenvalue weighted by Crippen LogP contribution is 2.33. The predicted molar refractivity (Wildman–Crippen MR) is 136 cm³/mol. The maximum absolute atomic E-state index is 12.7. The van der Waals surface area contributed by atoms with Crippen LogP contribution in [0.4, 0.5) is 10.1 Å². The Labute approximate surface area is 215 Å². The van der Waals surface area contributed by atoms with Crippen LogP contribution in [-0.2, 0) is 4.79 Å². The molecule has 38 heavy (non-hydrogen) atoms. The number of aromatic amines is 1. The Morgan fingerprint density at radius 3 is 2.45 bits per heavy atom. The molecule has 14 heteroatoms. The van der Waals surface area contributed by atoms with Gasteiger partial charge in [0, 0.05) is 30.6 Å². The number of nitrogens with zero attached hydrogens (tertiary/aromatic N) is 4. The number of hydrogen-bond acceptors (Lipinski definition) is 9. The van der Waals surface area contributed by atoms with Gasteiger partial charge in [0.1, 0.15) is 11.9 Å². The fraction of sp³-hybridized carbons (Fsp3) is 0.167. The Morgan fingerprint density at radius 2 is 1.87 bits per heavy atom. The molecule has 0 spiro atoms. The van der Waals surface area contributed by atoms with Gasteiger partial charge in [-0.1, -0.05) is 6.07 Å². The topological polar surface area (TPSA) is 194 Å². The van der Waals surface area contributed by atoms with Crippen molar-refractivity contribution in [3.8, 4) is 17.4 Å². The number of alkyl halides is 1. The van der Waals surface area contributed by atoms with Gasteiger partial charge in [-0.2, -0.15) is 0 Å². The minimum atomic E-state index is -1.01. The monoisotopic (exact) mass is 524 g/mol. The average Bonchev–Trinajstić information content (AvgIpc) is 3.29. The average molecular weight is 525 g/mol. The molecule has 0 saturated carbocycles. The number of carbonyl (C=O) groups is 1. The zero-order valence-electron chi connectivity index (χ0n) is 20.4. The van der Waals surface area contributed by atoms with Crippen LogP contribution in [0.2, 0.25) is 0 Å². The summed E-state index contributed by atoms with van der Waals surface area (Å²) >= 11 is 0. The van der Waals surface area contributed by atoms with E-state index in [0.717, 1.165) is 11.6 Å². The first-order valence-electron chi connectivity index (χ1n) is 11.0. The third-order valence-electron chi connectivity index (χ3n) is 4.89. The Bertz CT molecular complexity index is 1440. The number of benzene rings is 2. The van der Waals surface area contributed by atoms with E-state index in [1.165, 1.54) is 19.5 Å². The number of aliphatic carboxylic acids is 1. The van der Waals surface area contributed by atoms with Crippen molar-refractivity contribution in [2.45, 2.75) is 13.0 Å².